The van der Waals surface area contributed by atoms with E-state index in [-0.39, 0.29) is 5.78 Å². The number of aryl methyl sites for hydroxylation is 1. The van der Waals surface area contributed by atoms with E-state index in [1.54, 1.807) is 7.11 Å². The monoisotopic (exact) mass is 282 g/mol. The van der Waals surface area contributed by atoms with Crippen LogP contribution in [0.2, 0.25) is 0 Å². The molecule has 2 rings (SSSR count). The molecule has 0 spiro atoms. The Kier molecular flexibility index (Phi) is 3.33. The molecule has 0 aliphatic heterocycles. The fraction of sp³-hybridized carbons (Fsp3) is 0.462. The van der Waals surface area contributed by atoms with Gasteiger partial charge in [0.15, 0.2) is 5.78 Å². The average molecular weight is 283 g/mol. The molecule has 0 heterocycles. The normalized spacial score (nSPS) is 14.9. The lowest BCUT2D eigenvalue weighted by Crippen LogP contribution is -2.03. The third-order valence-corrected chi connectivity index (χ3v) is 3.81. The number of hydrogen-bond donors (Lipinski definition) is 0. The van der Waals surface area contributed by atoms with E-state index in [0.717, 1.165) is 10.0 Å². The van der Waals surface area contributed by atoms with Crippen molar-refractivity contribution in [2.45, 2.75) is 26.2 Å². The number of hydrogen-bond acceptors (Lipinski definition) is 2. The van der Waals surface area contributed by atoms with E-state index in [9.17, 15) is 4.79 Å². The van der Waals surface area contributed by atoms with Gasteiger partial charge in [-0.15, -0.1) is 0 Å². The van der Waals surface area contributed by atoms with Crippen molar-refractivity contribution in [3.63, 3.8) is 0 Å². The molecule has 0 amide bonds. The van der Waals surface area contributed by atoms with Crippen LogP contribution in [0.4, 0.5) is 0 Å². The minimum Gasteiger partial charge on any atom is -0.496 e. The Balaban J connectivity index is 2.29. The van der Waals surface area contributed by atoms with Crippen molar-refractivity contribution >= 4 is 21.7 Å². The second-order valence-electron chi connectivity index (χ2n) is 4.37. The minimum absolute atomic E-state index is 0.194. The molecule has 0 bridgehead atoms. The summed E-state index contributed by atoms with van der Waals surface area (Å²) in [7, 11) is 1.61. The first-order chi connectivity index (χ1) is 7.61. The molecular weight excluding hydrogens is 268 g/mol. The molecule has 2 nitrogen and oxygen atoms in total. The summed E-state index contributed by atoms with van der Waals surface area (Å²) in [6.45, 7) is 1.99. The molecule has 0 radical (unpaired) electrons. The SMILES string of the molecule is COc1cc(C)c(Br)cc1C(=O)CC1CC1. The molecule has 1 aromatic rings. The number of carbonyl (C=O) groups is 1. The number of benzene rings is 1. The Morgan fingerprint density at radius 1 is 1.50 bits per heavy atom. The van der Waals surface area contributed by atoms with Gasteiger partial charge in [-0.2, -0.15) is 0 Å². The maximum atomic E-state index is 12.0. The highest BCUT2D eigenvalue weighted by Crippen LogP contribution is 2.35. The van der Waals surface area contributed by atoms with Gasteiger partial charge in [0.2, 0.25) is 0 Å². The summed E-state index contributed by atoms with van der Waals surface area (Å²) in [4.78, 5) is 12.0. The fourth-order valence-electron chi connectivity index (χ4n) is 1.74. The van der Waals surface area contributed by atoms with Crippen LogP contribution in [0, 0.1) is 12.8 Å². The fourth-order valence-corrected chi connectivity index (χ4v) is 2.08. The van der Waals surface area contributed by atoms with Crippen molar-refractivity contribution in [3.05, 3.63) is 27.7 Å². The Bertz CT molecular complexity index is 422. The molecule has 1 aromatic carbocycles. The molecule has 0 unspecified atom stereocenters. The van der Waals surface area contributed by atoms with Gasteiger partial charge < -0.3 is 4.74 Å². The number of carbonyl (C=O) groups excluding carboxylic acids is 1. The number of rotatable bonds is 4. The first kappa shape index (κ1) is 11.6. The molecule has 0 saturated heterocycles. The zero-order valence-electron chi connectivity index (χ0n) is 9.55. The van der Waals surface area contributed by atoms with Gasteiger partial charge in [-0.05, 0) is 43.4 Å². The zero-order valence-corrected chi connectivity index (χ0v) is 11.1. The lowest BCUT2D eigenvalue weighted by molar-refractivity contribution is 0.0973. The average Bonchev–Trinajstić information content (AvgIpc) is 3.05. The van der Waals surface area contributed by atoms with Crippen LogP contribution in [-0.2, 0) is 0 Å². The Labute approximate surface area is 104 Å². The summed E-state index contributed by atoms with van der Waals surface area (Å²) in [6.07, 6.45) is 3.05. The molecule has 1 aliphatic rings. The van der Waals surface area contributed by atoms with Crippen molar-refractivity contribution in [2.24, 2.45) is 5.92 Å². The van der Waals surface area contributed by atoms with Crippen molar-refractivity contribution in [1.82, 2.24) is 0 Å². The van der Waals surface area contributed by atoms with Crippen LogP contribution in [0.3, 0.4) is 0 Å². The highest BCUT2D eigenvalue weighted by atomic mass is 79.9. The van der Waals surface area contributed by atoms with E-state index in [1.807, 2.05) is 19.1 Å². The largest absolute Gasteiger partial charge is 0.496 e. The van der Waals surface area contributed by atoms with Crippen molar-refractivity contribution in [3.8, 4) is 5.75 Å². The molecule has 1 fully saturated rings. The van der Waals surface area contributed by atoms with Gasteiger partial charge >= 0.3 is 0 Å². The summed E-state index contributed by atoms with van der Waals surface area (Å²) in [6, 6.07) is 3.78. The van der Waals surface area contributed by atoms with Crippen LogP contribution in [0.25, 0.3) is 0 Å². The molecule has 1 aliphatic carbocycles. The maximum Gasteiger partial charge on any atom is 0.166 e. The van der Waals surface area contributed by atoms with E-state index < -0.39 is 0 Å². The predicted molar refractivity (Wildman–Crippen MR) is 67.1 cm³/mol. The van der Waals surface area contributed by atoms with Crippen molar-refractivity contribution < 1.29 is 9.53 Å². The van der Waals surface area contributed by atoms with Crippen LogP contribution < -0.4 is 4.74 Å². The molecule has 16 heavy (non-hydrogen) atoms. The quantitative estimate of drug-likeness (QED) is 0.787. The number of ether oxygens (including phenoxy) is 1. The summed E-state index contributed by atoms with van der Waals surface area (Å²) in [5.74, 6) is 1.49. The van der Waals surface area contributed by atoms with E-state index in [0.29, 0.717) is 23.7 Å². The number of methoxy groups -OCH3 is 1. The van der Waals surface area contributed by atoms with E-state index in [2.05, 4.69) is 15.9 Å². The molecule has 0 atom stereocenters. The topological polar surface area (TPSA) is 26.3 Å². The van der Waals surface area contributed by atoms with Gasteiger partial charge in [0, 0.05) is 10.9 Å². The summed E-state index contributed by atoms with van der Waals surface area (Å²) < 4.78 is 6.23. The Hall–Kier alpha value is -0.830. The zero-order chi connectivity index (χ0) is 11.7. The van der Waals surface area contributed by atoms with Gasteiger partial charge in [-0.1, -0.05) is 15.9 Å². The molecular formula is C13H15BrO2. The highest BCUT2D eigenvalue weighted by molar-refractivity contribution is 9.10. The molecule has 1 saturated carbocycles. The number of halogens is 1. The minimum atomic E-state index is 0.194. The highest BCUT2D eigenvalue weighted by Gasteiger charge is 2.26. The van der Waals surface area contributed by atoms with Gasteiger partial charge in [0.05, 0.1) is 12.7 Å². The van der Waals surface area contributed by atoms with E-state index in [1.165, 1.54) is 12.8 Å². The van der Waals surface area contributed by atoms with Gasteiger partial charge in [0.25, 0.3) is 0 Å². The Morgan fingerprint density at radius 2 is 2.19 bits per heavy atom. The van der Waals surface area contributed by atoms with Crippen LogP contribution >= 0.6 is 15.9 Å². The van der Waals surface area contributed by atoms with Gasteiger partial charge in [0.1, 0.15) is 5.75 Å². The molecule has 0 N–H and O–H groups in total. The second-order valence-corrected chi connectivity index (χ2v) is 5.23. The van der Waals surface area contributed by atoms with E-state index >= 15 is 0 Å². The second kappa shape index (κ2) is 4.58. The van der Waals surface area contributed by atoms with Gasteiger partial charge in [-0.25, -0.2) is 0 Å². The van der Waals surface area contributed by atoms with Crippen molar-refractivity contribution in [1.29, 1.82) is 0 Å². The maximum absolute atomic E-state index is 12.0. The van der Waals surface area contributed by atoms with Crippen LogP contribution in [0.1, 0.15) is 35.2 Å². The molecule has 0 aromatic heterocycles. The third-order valence-electron chi connectivity index (χ3n) is 2.95. The predicted octanol–water partition coefficient (Wildman–Crippen LogP) is 3.75. The summed E-state index contributed by atoms with van der Waals surface area (Å²) >= 11 is 3.45. The van der Waals surface area contributed by atoms with Gasteiger partial charge in [-0.3, -0.25) is 4.79 Å². The number of ketones is 1. The lowest BCUT2D eigenvalue weighted by atomic mass is 10.0. The van der Waals surface area contributed by atoms with Crippen molar-refractivity contribution in [2.75, 3.05) is 7.11 Å². The molecule has 86 valence electrons. The van der Waals surface area contributed by atoms with Crippen LogP contribution in [-0.4, -0.2) is 12.9 Å². The molecule has 3 heteroatoms. The Morgan fingerprint density at radius 3 is 2.75 bits per heavy atom. The smallest absolute Gasteiger partial charge is 0.166 e. The summed E-state index contributed by atoms with van der Waals surface area (Å²) in [5.41, 5.74) is 1.78. The van der Waals surface area contributed by atoms with Crippen LogP contribution in [0.15, 0.2) is 16.6 Å². The standard InChI is InChI=1S/C13H15BrO2/c1-8-5-13(16-2)10(7-11(8)14)12(15)6-9-3-4-9/h5,7,9H,3-4,6H2,1-2H3. The van der Waals surface area contributed by atoms with Crippen LogP contribution in [0.5, 0.6) is 5.75 Å². The summed E-state index contributed by atoms with van der Waals surface area (Å²) in [5, 5.41) is 0. The first-order valence-electron chi connectivity index (χ1n) is 5.49. The first-order valence-corrected chi connectivity index (χ1v) is 6.28. The third kappa shape index (κ3) is 2.46. The number of Topliss-reactive ketones (excluding diaryl/α,β-unsaturated/α-hetero) is 1. The lowest BCUT2D eigenvalue weighted by Gasteiger charge is -2.10. The van der Waals surface area contributed by atoms with E-state index in [4.69, 9.17) is 4.74 Å².